The third-order valence-corrected chi connectivity index (χ3v) is 7.44. The first-order valence-electron chi connectivity index (χ1n) is 13.1. The number of benzene rings is 1. The highest BCUT2D eigenvalue weighted by Crippen LogP contribution is 2.37. The topological polar surface area (TPSA) is 149 Å². The third-order valence-electron chi connectivity index (χ3n) is 7.08. The second-order valence-corrected chi connectivity index (χ2v) is 10.8. The van der Waals surface area contributed by atoms with Crippen LogP contribution in [0, 0.1) is 11.8 Å². The van der Waals surface area contributed by atoms with Crippen molar-refractivity contribution < 1.29 is 28.3 Å². The maximum atomic E-state index is 14.8. The van der Waals surface area contributed by atoms with E-state index in [1.807, 2.05) is 18.9 Å². The minimum atomic E-state index is -1.15. The number of piperazine rings is 1. The Kier molecular flexibility index (Phi) is 9.01. The van der Waals surface area contributed by atoms with Gasteiger partial charge in [-0.05, 0) is 38.4 Å². The number of likely N-dealkylation sites (N-methyl/N-ethyl adjacent to an activating group) is 1. The third kappa shape index (κ3) is 6.29. The van der Waals surface area contributed by atoms with E-state index in [4.69, 9.17) is 17.3 Å². The van der Waals surface area contributed by atoms with Crippen LogP contribution in [0.1, 0.15) is 27.6 Å². The van der Waals surface area contributed by atoms with Crippen molar-refractivity contribution in [1.29, 1.82) is 0 Å². The van der Waals surface area contributed by atoms with Gasteiger partial charge in [-0.1, -0.05) is 11.6 Å². The van der Waals surface area contributed by atoms with E-state index in [1.54, 1.807) is 0 Å². The van der Waals surface area contributed by atoms with Crippen molar-refractivity contribution in [1.82, 2.24) is 19.4 Å². The van der Waals surface area contributed by atoms with Crippen molar-refractivity contribution >= 4 is 53.4 Å². The number of phenols is 1. The van der Waals surface area contributed by atoms with Crippen LogP contribution in [0.5, 0.6) is 5.75 Å². The molecule has 1 aliphatic rings. The van der Waals surface area contributed by atoms with Crippen LogP contribution in [-0.2, 0) is 11.3 Å². The van der Waals surface area contributed by atoms with Gasteiger partial charge in [0.1, 0.15) is 23.2 Å². The Hall–Kier alpha value is -4.56. The molecule has 3 amide bonds. The van der Waals surface area contributed by atoms with E-state index in [1.165, 1.54) is 35.8 Å². The van der Waals surface area contributed by atoms with Gasteiger partial charge in [0, 0.05) is 57.6 Å². The Morgan fingerprint density at radius 3 is 2.56 bits per heavy atom. The minimum absolute atomic E-state index is 0.00270. The second kappa shape index (κ2) is 12.4. The van der Waals surface area contributed by atoms with Crippen LogP contribution in [0.2, 0.25) is 5.02 Å². The number of nitrogens with two attached hydrogens (primary N) is 1. The first kappa shape index (κ1) is 31.4. The van der Waals surface area contributed by atoms with Gasteiger partial charge in [-0.25, -0.2) is 14.4 Å². The van der Waals surface area contributed by atoms with Crippen LogP contribution in [-0.4, -0.2) is 95.7 Å². The number of aromatic hydroxyl groups is 1. The van der Waals surface area contributed by atoms with E-state index in [-0.39, 0.29) is 39.3 Å². The lowest BCUT2D eigenvalue weighted by Gasteiger charge is -2.39. The largest absolute Gasteiger partial charge is 0.504 e. The highest BCUT2D eigenvalue weighted by atomic mass is 35.5. The Morgan fingerprint density at radius 2 is 1.95 bits per heavy atom. The highest BCUT2D eigenvalue weighted by Gasteiger charge is 2.28. The number of carbonyl (C=O) groups excluding carboxylic acids is 3. The van der Waals surface area contributed by atoms with Gasteiger partial charge in [0.25, 0.3) is 11.8 Å². The number of hydrogen-bond donors (Lipinski definition) is 3. The summed E-state index contributed by atoms with van der Waals surface area (Å²) >= 11 is 6.16. The van der Waals surface area contributed by atoms with Crippen molar-refractivity contribution in [2.45, 2.75) is 19.5 Å². The molecular formula is C28H31ClF2N8O4. The number of anilines is 2. The molecule has 0 bridgehead atoms. The molecule has 0 saturated carbocycles. The van der Waals surface area contributed by atoms with Crippen LogP contribution in [0.25, 0.3) is 11.1 Å². The summed E-state index contributed by atoms with van der Waals surface area (Å²) < 4.78 is 30.6. The maximum Gasteiger partial charge on any atom is 0.257 e. The van der Waals surface area contributed by atoms with Gasteiger partial charge in [-0.2, -0.15) is 4.39 Å². The van der Waals surface area contributed by atoms with E-state index < -0.39 is 47.3 Å². The van der Waals surface area contributed by atoms with Gasteiger partial charge < -0.3 is 35.4 Å². The van der Waals surface area contributed by atoms with Crippen molar-refractivity contribution in [3.8, 4) is 16.9 Å². The number of carbonyl (C=O) groups is 3. The van der Waals surface area contributed by atoms with Gasteiger partial charge in [0.05, 0.1) is 16.8 Å². The summed E-state index contributed by atoms with van der Waals surface area (Å²) in [5, 5.41) is 12.2. The molecule has 1 saturated heterocycles. The van der Waals surface area contributed by atoms with Crippen LogP contribution in [0.3, 0.4) is 0 Å². The summed E-state index contributed by atoms with van der Waals surface area (Å²) in [4.78, 5) is 51.5. The number of aliphatic imine (C=N–C) groups is 1. The predicted molar refractivity (Wildman–Crippen MR) is 159 cm³/mol. The molecule has 2 aromatic heterocycles. The molecule has 1 aliphatic heterocycles. The molecule has 4 N–H and O–H groups in total. The molecule has 1 atom stereocenters. The summed E-state index contributed by atoms with van der Waals surface area (Å²) in [6.45, 7) is 7.14. The van der Waals surface area contributed by atoms with E-state index in [9.17, 15) is 28.3 Å². The molecule has 0 spiro atoms. The molecule has 3 aromatic rings. The van der Waals surface area contributed by atoms with Crippen molar-refractivity contribution in [2.75, 3.05) is 51.0 Å². The Morgan fingerprint density at radius 1 is 1.26 bits per heavy atom. The molecule has 0 unspecified atom stereocenters. The monoisotopic (exact) mass is 616 g/mol. The van der Waals surface area contributed by atoms with Crippen molar-refractivity contribution in [3.63, 3.8) is 0 Å². The lowest BCUT2D eigenvalue weighted by Crippen LogP contribution is -2.50. The fourth-order valence-corrected chi connectivity index (χ4v) is 5.12. The lowest BCUT2D eigenvalue weighted by molar-refractivity contribution is -0.116. The molecule has 15 heteroatoms. The molecule has 3 heterocycles. The summed E-state index contributed by atoms with van der Waals surface area (Å²) in [5.41, 5.74) is 4.85. The van der Waals surface area contributed by atoms with Crippen LogP contribution < -0.4 is 16.0 Å². The van der Waals surface area contributed by atoms with E-state index in [0.717, 1.165) is 25.2 Å². The molecular weight excluding hydrogens is 586 g/mol. The number of primary amides is 1. The molecule has 1 aromatic carbocycles. The number of halogens is 3. The zero-order valence-electron chi connectivity index (χ0n) is 24.0. The zero-order chi connectivity index (χ0) is 31.7. The summed E-state index contributed by atoms with van der Waals surface area (Å²) in [5.74, 6) is -5.06. The molecule has 1 fully saturated rings. The number of hydrogen-bond acceptors (Lipinski definition) is 8. The average molecular weight is 617 g/mol. The summed E-state index contributed by atoms with van der Waals surface area (Å²) in [6, 6.07) is 3.56. The highest BCUT2D eigenvalue weighted by molar-refractivity contribution is 6.33. The van der Waals surface area contributed by atoms with Crippen LogP contribution in [0.15, 0.2) is 29.4 Å². The standard InChI is InChI=1S/C28H31ClF2N8O4/c1-14-11-37(5)6-7-39(14)20-10-19(23(29)25(31)35-20)34-21(40)13-38-12-17(22(27(38)33-2)28(43)36(3)4)15-8-16(26(32)42)24(41)18(30)9-15/h8-10,12,14,41H,2,6-7,11,13H2,1,3-5H3,(H2,32,42)(H,34,35,40)/t14-/m0/s1. The zero-order valence-corrected chi connectivity index (χ0v) is 24.7. The molecule has 228 valence electrons. The minimum Gasteiger partial charge on any atom is -0.504 e. The van der Waals surface area contributed by atoms with E-state index in [0.29, 0.717) is 12.4 Å². The number of pyridine rings is 1. The average Bonchev–Trinajstić information content (AvgIpc) is 3.29. The predicted octanol–water partition coefficient (Wildman–Crippen LogP) is 3.10. The number of aromatic nitrogens is 2. The Balaban J connectivity index is 1.72. The van der Waals surface area contributed by atoms with Gasteiger partial charge in [-0.15, -0.1) is 0 Å². The number of nitrogens with zero attached hydrogens (tertiary/aromatic N) is 6. The van der Waals surface area contributed by atoms with Gasteiger partial charge in [-0.3, -0.25) is 14.4 Å². The summed E-state index contributed by atoms with van der Waals surface area (Å²) in [6.07, 6.45) is 1.35. The molecule has 0 aliphatic carbocycles. The van der Waals surface area contributed by atoms with Crippen LogP contribution in [0.4, 0.5) is 26.1 Å². The SMILES string of the molecule is C=Nc1c(C(=O)N(C)C)c(-c2cc(F)c(O)c(C(N)=O)c2)cn1CC(=O)Nc1cc(N2CCN(C)C[C@@H]2C)nc(F)c1Cl. The van der Waals surface area contributed by atoms with Gasteiger partial charge in [0.15, 0.2) is 11.6 Å². The van der Waals surface area contributed by atoms with Gasteiger partial charge in [0.2, 0.25) is 11.9 Å². The lowest BCUT2D eigenvalue weighted by atomic mass is 10.00. The number of amides is 3. The Bertz CT molecular complexity index is 1630. The summed E-state index contributed by atoms with van der Waals surface area (Å²) in [7, 11) is 4.95. The fraction of sp³-hybridized carbons (Fsp3) is 0.321. The van der Waals surface area contributed by atoms with E-state index in [2.05, 4.69) is 26.9 Å². The molecule has 0 radical (unpaired) electrons. The fourth-order valence-electron chi connectivity index (χ4n) is 4.98. The van der Waals surface area contributed by atoms with Crippen molar-refractivity contribution in [3.05, 3.63) is 52.3 Å². The van der Waals surface area contributed by atoms with Gasteiger partial charge >= 0.3 is 0 Å². The van der Waals surface area contributed by atoms with Crippen LogP contribution >= 0.6 is 11.6 Å². The number of nitrogens with one attached hydrogen (secondary N) is 1. The van der Waals surface area contributed by atoms with E-state index >= 15 is 0 Å². The molecule has 43 heavy (non-hydrogen) atoms. The Labute approximate surface area is 251 Å². The quantitative estimate of drug-likeness (QED) is 0.260. The second-order valence-electron chi connectivity index (χ2n) is 10.4. The molecule has 12 nitrogen and oxygen atoms in total. The normalized spacial score (nSPS) is 15.3. The first-order valence-corrected chi connectivity index (χ1v) is 13.5. The molecule has 4 rings (SSSR count). The number of rotatable bonds is 8. The maximum absolute atomic E-state index is 14.8. The van der Waals surface area contributed by atoms with Crippen molar-refractivity contribution in [2.24, 2.45) is 10.7 Å². The first-order chi connectivity index (χ1) is 20.2. The smallest absolute Gasteiger partial charge is 0.257 e.